The fraction of sp³-hybridized carbons (Fsp3) is 0.324. The molecular formula is C34H38N4O5. The molecule has 1 atom stereocenters. The first-order valence-electron chi connectivity index (χ1n) is 14.5. The number of rotatable bonds is 11. The third-order valence-corrected chi connectivity index (χ3v) is 7.59. The lowest BCUT2D eigenvalue weighted by Gasteiger charge is -2.25. The first-order chi connectivity index (χ1) is 20.8. The monoisotopic (exact) mass is 582 g/mol. The number of carbonyl (C=O) groups is 2. The summed E-state index contributed by atoms with van der Waals surface area (Å²) in [7, 11) is 3.20. The molecule has 1 saturated heterocycles. The molecule has 1 aliphatic rings. The Kier molecular flexibility index (Phi) is 9.41. The number of hydrogen-bond acceptors (Lipinski definition) is 6. The molecule has 2 heterocycles. The molecule has 0 radical (unpaired) electrons. The van der Waals surface area contributed by atoms with E-state index in [1.165, 1.54) is 5.56 Å². The van der Waals surface area contributed by atoms with Crippen molar-refractivity contribution in [2.24, 2.45) is 0 Å². The van der Waals surface area contributed by atoms with E-state index in [1.54, 1.807) is 43.4 Å². The van der Waals surface area contributed by atoms with Gasteiger partial charge in [-0.2, -0.15) is 0 Å². The maximum absolute atomic E-state index is 13.6. The predicted octanol–water partition coefficient (Wildman–Crippen LogP) is 5.94. The lowest BCUT2D eigenvalue weighted by molar-refractivity contribution is -0.117. The number of amides is 2. The Morgan fingerprint density at radius 3 is 2.21 bits per heavy atom. The van der Waals surface area contributed by atoms with Crippen molar-refractivity contribution in [3.8, 4) is 28.4 Å². The van der Waals surface area contributed by atoms with Gasteiger partial charge in [0, 0.05) is 36.2 Å². The highest BCUT2D eigenvalue weighted by atomic mass is 16.5. The molecule has 4 aromatic rings. The number of benzene rings is 3. The highest BCUT2D eigenvalue weighted by Crippen LogP contribution is 2.27. The van der Waals surface area contributed by atoms with Gasteiger partial charge < -0.3 is 19.1 Å². The molecule has 0 aliphatic carbocycles. The molecule has 9 nitrogen and oxygen atoms in total. The molecule has 1 unspecified atom stereocenters. The van der Waals surface area contributed by atoms with Crippen LogP contribution in [0.3, 0.4) is 0 Å². The van der Waals surface area contributed by atoms with E-state index in [0.717, 1.165) is 29.8 Å². The van der Waals surface area contributed by atoms with Gasteiger partial charge in [0.2, 0.25) is 11.9 Å². The summed E-state index contributed by atoms with van der Waals surface area (Å²) < 4.78 is 18.2. The Bertz CT molecular complexity index is 1520. The molecule has 0 bridgehead atoms. The van der Waals surface area contributed by atoms with Crippen LogP contribution in [0.2, 0.25) is 0 Å². The molecule has 1 fully saturated rings. The minimum atomic E-state index is -0.355. The van der Waals surface area contributed by atoms with Gasteiger partial charge in [-0.25, -0.2) is 4.98 Å². The normalized spacial score (nSPS) is 14.5. The summed E-state index contributed by atoms with van der Waals surface area (Å²) in [6, 6.07) is 22.7. The molecule has 1 aliphatic heterocycles. The Balaban J connectivity index is 1.42. The van der Waals surface area contributed by atoms with Gasteiger partial charge in [-0.05, 0) is 85.0 Å². The second-order valence-electron chi connectivity index (χ2n) is 10.9. The zero-order valence-electron chi connectivity index (χ0n) is 25.1. The van der Waals surface area contributed by atoms with Crippen molar-refractivity contribution in [3.63, 3.8) is 0 Å². The Labute approximate surface area is 252 Å². The molecule has 1 N–H and O–H groups in total. The van der Waals surface area contributed by atoms with E-state index >= 15 is 0 Å². The van der Waals surface area contributed by atoms with Crippen molar-refractivity contribution in [1.82, 2.24) is 14.5 Å². The van der Waals surface area contributed by atoms with Gasteiger partial charge >= 0.3 is 0 Å². The number of aromatic nitrogens is 2. The standard InChI is InChI=1S/C34H38N4O5/c1-23(2)24-7-13-27(14-8-24)38-21-31(25-9-15-28(41-3)16-10-25)35-34(38)36-32(39)22-37(20-30-6-5-19-43-30)33(40)26-11-17-29(42-4)18-12-26/h7-18,21,23,30H,5-6,19-20,22H2,1-4H3,(H,35,36,39). The minimum Gasteiger partial charge on any atom is -0.497 e. The van der Waals surface area contributed by atoms with Crippen LogP contribution in [0, 0.1) is 0 Å². The van der Waals surface area contributed by atoms with Gasteiger partial charge in [0.1, 0.15) is 18.0 Å². The topological polar surface area (TPSA) is 94.9 Å². The van der Waals surface area contributed by atoms with Crippen molar-refractivity contribution in [1.29, 1.82) is 0 Å². The van der Waals surface area contributed by atoms with E-state index in [2.05, 4.69) is 31.3 Å². The van der Waals surface area contributed by atoms with E-state index < -0.39 is 0 Å². The molecule has 5 rings (SSSR count). The molecule has 43 heavy (non-hydrogen) atoms. The molecule has 3 aromatic carbocycles. The minimum absolute atomic E-state index is 0.113. The number of nitrogens with zero attached hydrogens (tertiary/aromatic N) is 3. The second kappa shape index (κ2) is 13.6. The summed E-state index contributed by atoms with van der Waals surface area (Å²) in [5.74, 6) is 1.55. The molecule has 2 amide bonds. The summed E-state index contributed by atoms with van der Waals surface area (Å²) in [6.45, 7) is 5.12. The molecule has 0 saturated carbocycles. The highest BCUT2D eigenvalue weighted by Gasteiger charge is 2.26. The van der Waals surface area contributed by atoms with E-state index in [1.807, 2.05) is 47.2 Å². The van der Waals surface area contributed by atoms with Crippen molar-refractivity contribution in [2.75, 3.05) is 39.2 Å². The number of imidazole rings is 1. The SMILES string of the molecule is COc1ccc(C(=O)N(CC(=O)Nc2nc(-c3ccc(OC)cc3)cn2-c2ccc(C(C)C)cc2)CC2CCCO2)cc1. The highest BCUT2D eigenvalue weighted by molar-refractivity contribution is 5.99. The average Bonchev–Trinajstić information content (AvgIpc) is 3.71. The maximum atomic E-state index is 13.6. The number of ether oxygens (including phenoxy) is 3. The summed E-state index contributed by atoms with van der Waals surface area (Å²) in [6.07, 6.45) is 3.56. The summed E-state index contributed by atoms with van der Waals surface area (Å²) in [4.78, 5) is 33.4. The first kappa shape index (κ1) is 29.8. The van der Waals surface area contributed by atoms with Crippen LogP contribution < -0.4 is 14.8 Å². The lowest BCUT2D eigenvalue weighted by Crippen LogP contribution is -2.42. The van der Waals surface area contributed by atoms with Crippen molar-refractivity contribution < 1.29 is 23.8 Å². The van der Waals surface area contributed by atoms with Crippen LogP contribution in [0.1, 0.15) is 48.5 Å². The number of carbonyl (C=O) groups excluding carboxylic acids is 2. The van der Waals surface area contributed by atoms with Gasteiger partial charge in [0.15, 0.2) is 0 Å². The summed E-state index contributed by atoms with van der Waals surface area (Å²) in [5.41, 5.74) is 4.12. The Morgan fingerprint density at radius 2 is 1.63 bits per heavy atom. The number of hydrogen-bond donors (Lipinski definition) is 1. The van der Waals surface area contributed by atoms with Gasteiger partial charge in [-0.15, -0.1) is 0 Å². The lowest BCUT2D eigenvalue weighted by atomic mass is 10.0. The van der Waals surface area contributed by atoms with Gasteiger partial charge in [-0.1, -0.05) is 26.0 Å². The Hall–Kier alpha value is -4.63. The first-order valence-corrected chi connectivity index (χ1v) is 14.5. The van der Waals surface area contributed by atoms with Gasteiger partial charge in [-0.3, -0.25) is 19.5 Å². The fourth-order valence-corrected chi connectivity index (χ4v) is 5.09. The number of anilines is 1. The second-order valence-corrected chi connectivity index (χ2v) is 10.9. The van der Waals surface area contributed by atoms with E-state index in [9.17, 15) is 9.59 Å². The van der Waals surface area contributed by atoms with Gasteiger partial charge in [0.25, 0.3) is 5.91 Å². The van der Waals surface area contributed by atoms with Crippen molar-refractivity contribution >= 4 is 17.8 Å². The van der Waals surface area contributed by atoms with Crippen LogP contribution in [-0.4, -0.2) is 66.3 Å². The van der Waals surface area contributed by atoms with Crippen LogP contribution >= 0.6 is 0 Å². The molecule has 0 spiro atoms. The van der Waals surface area contributed by atoms with E-state index in [4.69, 9.17) is 19.2 Å². The average molecular weight is 583 g/mol. The zero-order chi connectivity index (χ0) is 30.3. The van der Waals surface area contributed by atoms with E-state index in [-0.39, 0.29) is 24.5 Å². The number of methoxy groups -OCH3 is 2. The van der Waals surface area contributed by atoms with E-state index in [0.29, 0.717) is 42.0 Å². The van der Waals surface area contributed by atoms with Crippen LogP contribution in [0.15, 0.2) is 79.0 Å². The van der Waals surface area contributed by atoms with Crippen LogP contribution in [0.25, 0.3) is 16.9 Å². The van der Waals surface area contributed by atoms with Crippen molar-refractivity contribution in [2.45, 2.75) is 38.7 Å². The summed E-state index contributed by atoms with van der Waals surface area (Å²) in [5, 5.41) is 2.97. The smallest absolute Gasteiger partial charge is 0.254 e. The Morgan fingerprint density at radius 1 is 0.977 bits per heavy atom. The maximum Gasteiger partial charge on any atom is 0.254 e. The van der Waals surface area contributed by atoms with Crippen molar-refractivity contribution in [3.05, 3.63) is 90.1 Å². The van der Waals surface area contributed by atoms with Crippen LogP contribution in [0.5, 0.6) is 11.5 Å². The van der Waals surface area contributed by atoms with Crippen LogP contribution in [-0.2, 0) is 9.53 Å². The molecule has 9 heteroatoms. The predicted molar refractivity (Wildman–Crippen MR) is 166 cm³/mol. The quantitative estimate of drug-likeness (QED) is 0.235. The molecule has 224 valence electrons. The third kappa shape index (κ3) is 7.24. The number of nitrogens with one attached hydrogen (secondary N) is 1. The molecular weight excluding hydrogens is 544 g/mol. The zero-order valence-corrected chi connectivity index (χ0v) is 25.1. The molecule has 1 aromatic heterocycles. The van der Waals surface area contributed by atoms with Gasteiger partial charge in [0.05, 0.1) is 26.0 Å². The summed E-state index contributed by atoms with van der Waals surface area (Å²) >= 11 is 0. The van der Waals surface area contributed by atoms with Crippen LogP contribution in [0.4, 0.5) is 5.95 Å². The fourth-order valence-electron chi connectivity index (χ4n) is 5.09. The largest absolute Gasteiger partial charge is 0.497 e. The third-order valence-electron chi connectivity index (χ3n) is 7.59.